The van der Waals surface area contributed by atoms with Gasteiger partial charge in [-0.15, -0.1) is 10.2 Å². The van der Waals surface area contributed by atoms with Gasteiger partial charge in [-0.25, -0.2) is 0 Å². The summed E-state index contributed by atoms with van der Waals surface area (Å²) in [5, 5.41) is 15.1. The fraction of sp³-hybridized carbons (Fsp3) is 0.350. The summed E-state index contributed by atoms with van der Waals surface area (Å²) in [5.74, 6) is 2.64. The monoisotopic (exact) mass is 366 g/mol. The number of fused-ring (bicyclic) bond motifs is 1. The van der Waals surface area contributed by atoms with Crippen molar-refractivity contribution in [1.29, 1.82) is 0 Å². The summed E-state index contributed by atoms with van der Waals surface area (Å²) in [5.41, 5.74) is 2.04. The van der Waals surface area contributed by atoms with Crippen LogP contribution in [0.15, 0.2) is 53.7 Å². The third-order valence-electron chi connectivity index (χ3n) is 4.21. The molecule has 142 valence electrons. The second-order valence-corrected chi connectivity index (χ2v) is 6.04. The zero-order chi connectivity index (χ0) is 18.9. The SMILES string of the molecule is CCNC(=NCCc1nnc2ccccn12)NCCc1ccccc1OC. The van der Waals surface area contributed by atoms with Gasteiger partial charge in [0, 0.05) is 32.3 Å². The van der Waals surface area contributed by atoms with Crippen LogP contribution in [0.25, 0.3) is 5.65 Å². The van der Waals surface area contributed by atoms with Crippen LogP contribution in [-0.2, 0) is 12.8 Å². The number of para-hydroxylation sites is 1. The molecule has 0 saturated heterocycles. The number of hydrogen-bond donors (Lipinski definition) is 2. The number of aromatic nitrogens is 3. The summed E-state index contributed by atoms with van der Waals surface area (Å²) in [6, 6.07) is 14.0. The summed E-state index contributed by atoms with van der Waals surface area (Å²) in [7, 11) is 1.70. The zero-order valence-electron chi connectivity index (χ0n) is 15.9. The zero-order valence-corrected chi connectivity index (χ0v) is 15.9. The molecule has 3 aromatic rings. The molecule has 7 nitrogen and oxygen atoms in total. The van der Waals surface area contributed by atoms with E-state index in [2.05, 4.69) is 38.8 Å². The van der Waals surface area contributed by atoms with Crippen LogP contribution in [-0.4, -0.2) is 47.3 Å². The lowest BCUT2D eigenvalue weighted by molar-refractivity contribution is 0.409. The van der Waals surface area contributed by atoms with Crippen LogP contribution in [0.4, 0.5) is 0 Å². The molecule has 2 aromatic heterocycles. The van der Waals surface area contributed by atoms with Crippen molar-refractivity contribution >= 4 is 11.6 Å². The highest BCUT2D eigenvalue weighted by Crippen LogP contribution is 2.17. The minimum absolute atomic E-state index is 0.639. The number of benzene rings is 1. The van der Waals surface area contributed by atoms with Crippen LogP contribution in [0.2, 0.25) is 0 Å². The molecular weight excluding hydrogens is 340 g/mol. The quantitative estimate of drug-likeness (QED) is 0.472. The molecule has 0 atom stereocenters. The highest BCUT2D eigenvalue weighted by atomic mass is 16.5. The Kier molecular flexibility index (Phi) is 6.62. The normalized spacial score (nSPS) is 11.6. The third-order valence-corrected chi connectivity index (χ3v) is 4.21. The first-order chi connectivity index (χ1) is 13.3. The maximum atomic E-state index is 5.40. The molecule has 0 unspecified atom stereocenters. The first-order valence-electron chi connectivity index (χ1n) is 9.24. The van der Waals surface area contributed by atoms with Crippen LogP contribution in [0.3, 0.4) is 0 Å². The van der Waals surface area contributed by atoms with Gasteiger partial charge in [0.1, 0.15) is 11.6 Å². The number of guanidine groups is 1. The molecule has 27 heavy (non-hydrogen) atoms. The molecule has 1 aromatic carbocycles. The average Bonchev–Trinajstić information content (AvgIpc) is 3.11. The summed E-state index contributed by atoms with van der Waals surface area (Å²) >= 11 is 0. The molecule has 0 saturated carbocycles. The molecule has 0 fully saturated rings. The van der Waals surface area contributed by atoms with Crippen LogP contribution in [0.1, 0.15) is 18.3 Å². The molecule has 3 rings (SSSR count). The van der Waals surface area contributed by atoms with E-state index in [0.29, 0.717) is 6.54 Å². The number of pyridine rings is 1. The van der Waals surface area contributed by atoms with Crippen molar-refractivity contribution in [3.8, 4) is 5.75 Å². The lowest BCUT2D eigenvalue weighted by atomic mass is 10.1. The van der Waals surface area contributed by atoms with E-state index >= 15 is 0 Å². The van der Waals surface area contributed by atoms with Gasteiger partial charge < -0.3 is 15.4 Å². The first-order valence-corrected chi connectivity index (χ1v) is 9.24. The van der Waals surface area contributed by atoms with E-state index < -0.39 is 0 Å². The number of rotatable bonds is 8. The smallest absolute Gasteiger partial charge is 0.191 e. The minimum Gasteiger partial charge on any atom is -0.496 e. The van der Waals surface area contributed by atoms with E-state index in [1.807, 2.05) is 47.0 Å². The predicted octanol–water partition coefficient (Wildman–Crippen LogP) is 2.08. The summed E-state index contributed by atoms with van der Waals surface area (Å²) in [6.45, 7) is 4.29. The van der Waals surface area contributed by atoms with Crippen LogP contribution in [0, 0.1) is 0 Å². The van der Waals surface area contributed by atoms with Gasteiger partial charge in [0.2, 0.25) is 0 Å². The Morgan fingerprint density at radius 1 is 1.07 bits per heavy atom. The molecule has 0 amide bonds. The Labute approximate surface area is 159 Å². The van der Waals surface area contributed by atoms with Crippen molar-refractivity contribution < 1.29 is 4.74 Å². The van der Waals surface area contributed by atoms with Crippen molar-refractivity contribution in [3.05, 3.63) is 60.0 Å². The van der Waals surface area contributed by atoms with Crippen LogP contribution >= 0.6 is 0 Å². The van der Waals surface area contributed by atoms with Crippen molar-refractivity contribution in [2.24, 2.45) is 4.99 Å². The van der Waals surface area contributed by atoms with E-state index in [9.17, 15) is 0 Å². The third kappa shape index (κ3) is 4.97. The number of methoxy groups -OCH3 is 1. The Hall–Kier alpha value is -3.09. The standard InChI is InChI=1S/C20H26N6O/c1-3-21-20(22-13-11-16-8-4-5-9-17(16)27-2)23-14-12-19-25-24-18-10-6-7-15-26(18)19/h4-10,15H,3,11-14H2,1-2H3,(H2,21,22,23). The van der Waals surface area contributed by atoms with Crippen LogP contribution < -0.4 is 15.4 Å². The van der Waals surface area contributed by atoms with Crippen LogP contribution in [0.5, 0.6) is 5.75 Å². The predicted molar refractivity (Wildman–Crippen MR) is 107 cm³/mol. The molecule has 7 heteroatoms. The second-order valence-electron chi connectivity index (χ2n) is 6.04. The molecule has 0 bridgehead atoms. The number of nitrogens with one attached hydrogen (secondary N) is 2. The molecule has 0 radical (unpaired) electrons. The second kappa shape index (κ2) is 9.56. The van der Waals surface area contributed by atoms with E-state index in [1.54, 1.807) is 7.11 Å². The highest BCUT2D eigenvalue weighted by Gasteiger charge is 2.05. The highest BCUT2D eigenvalue weighted by molar-refractivity contribution is 5.79. The topological polar surface area (TPSA) is 75.8 Å². The van der Waals surface area contributed by atoms with Gasteiger partial charge in [-0.05, 0) is 37.1 Å². The van der Waals surface area contributed by atoms with Gasteiger partial charge >= 0.3 is 0 Å². The average molecular weight is 366 g/mol. The maximum absolute atomic E-state index is 5.40. The first kappa shape index (κ1) is 18.7. The molecular formula is C20H26N6O. The van der Waals surface area contributed by atoms with Crippen molar-refractivity contribution in [2.45, 2.75) is 19.8 Å². The van der Waals surface area contributed by atoms with Crippen molar-refractivity contribution in [1.82, 2.24) is 25.2 Å². The fourth-order valence-corrected chi connectivity index (χ4v) is 2.90. The number of aliphatic imine (C=N–C) groups is 1. The summed E-state index contributed by atoms with van der Waals surface area (Å²) < 4.78 is 7.40. The lowest BCUT2D eigenvalue weighted by Crippen LogP contribution is -2.38. The minimum atomic E-state index is 0.639. The van der Waals surface area contributed by atoms with Crippen molar-refractivity contribution in [3.63, 3.8) is 0 Å². The van der Waals surface area contributed by atoms with E-state index in [4.69, 9.17) is 4.74 Å². The van der Waals surface area contributed by atoms with Gasteiger partial charge in [0.15, 0.2) is 11.6 Å². The fourth-order valence-electron chi connectivity index (χ4n) is 2.90. The Morgan fingerprint density at radius 3 is 2.78 bits per heavy atom. The Bertz CT molecular complexity index is 889. The largest absolute Gasteiger partial charge is 0.496 e. The van der Waals surface area contributed by atoms with E-state index in [0.717, 1.165) is 49.1 Å². The Morgan fingerprint density at radius 2 is 1.93 bits per heavy atom. The molecule has 0 aliphatic heterocycles. The molecule has 0 aliphatic carbocycles. The Balaban J connectivity index is 1.55. The van der Waals surface area contributed by atoms with E-state index in [-0.39, 0.29) is 0 Å². The maximum Gasteiger partial charge on any atom is 0.191 e. The van der Waals surface area contributed by atoms with E-state index in [1.165, 1.54) is 5.56 Å². The number of nitrogens with zero attached hydrogens (tertiary/aromatic N) is 4. The summed E-state index contributed by atoms with van der Waals surface area (Å²) in [4.78, 5) is 4.65. The summed E-state index contributed by atoms with van der Waals surface area (Å²) in [6.07, 6.45) is 3.57. The van der Waals surface area contributed by atoms with Crippen molar-refractivity contribution in [2.75, 3.05) is 26.7 Å². The molecule has 0 spiro atoms. The molecule has 2 heterocycles. The number of hydrogen-bond acceptors (Lipinski definition) is 4. The van der Waals surface area contributed by atoms with Gasteiger partial charge in [-0.2, -0.15) is 0 Å². The van der Waals surface area contributed by atoms with Gasteiger partial charge in [0.05, 0.1) is 7.11 Å². The van der Waals surface area contributed by atoms with Gasteiger partial charge in [-0.3, -0.25) is 9.39 Å². The molecule has 2 N–H and O–H groups in total. The van der Waals surface area contributed by atoms with Gasteiger partial charge in [0.25, 0.3) is 0 Å². The number of ether oxygens (including phenoxy) is 1. The lowest BCUT2D eigenvalue weighted by Gasteiger charge is -2.12. The molecule has 0 aliphatic rings. The van der Waals surface area contributed by atoms with Gasteiger partial charge in [-0.1, -0.05) is 24.3 Å².